The van der Waals surface area contributed by atoms with Crippen LogP contribution in [-0.2, 0) is 9.53 Å². The average molecular weight is 362 g/mol. The SMILES string of the molecule is C=C(C)C(=O)OCCOc1c(SC)cc(OCCO)c2ccccc12. The number of ether oxygens (including phenoxy) is 3. The second-order valence-corrected chi connectivity index (χ2v) is 6.14. The van der Waals surface area contributed by atoms with Gasteiger partial charge in [-0.2, -0.15) is 0 Å². The molecular weight excluding hydrogens is 340 g/mol. The molecule has 1 N–H and O–H groups in total. The van der Waals surface area contributed by atoms with Crippen LogP contribution in [0.1, 0.15) is 6.92 Å². The Morgan fingerprint density at radius 3 is 2.52 bits per heavy atom. The summed E-state index contributed by atoms with van der Waals surface area (Å²) in [6, 6.07) is 9.65. The topological polar surface area (TPSA) is 65.0 Å². The minimum Gasteiger partial charge on any atom is -0.491 e. The zero-order chi connectivity index (χ0) is 18.2. The molecule has 0 unspecified atom stereocenters. The zero-order valence-corrected chi connectivity index (χ0v) is 15.2. The molecule has 0 aliphatic carbocycles. The summed E-state index contributed by atoms with van der Waals surface area (Å²) in [6.45, 7) is 5.73. The molecule has 134 valence electrons. The Kier molecular flexibility index (Phi) is 7.16. The average Bonchev–Trinajstić information content (AvgIpc) is 2.63. The number of thioether (sulfide) groups is 1. The molecule has 0 bridgehead atoms. The van der Waals surface area contributed by atoms with Gasteiger partial charge in [0.2, 0.25) is 0 Å². The van der Waals surface area contributed by atoms with Crippen LogP contribution in [0.25, 0.3) is 10.8 Å². The first-order valence-corrected chi connectivity index (χ1v) is 9.09. The normalized spacial score (nSPS) is 10.5. The van der Waals surface area contributed by atoms with Gasteiger partial charge in [-0.3, -0.25) is 0 Å². The van der Waals surface area contributed by atoms with Crippen LogP contribution in [-0.4, -0.2) is 43.8 Å². The molecule has 0 spiro atoms. The fourth-order valence-corrected chi connectivity index (χ4v) is 2.85. The summed E-state index contributed by atoms with van der Waals surface area (Å²) in [4.78, 5) is 12.3. The fourth-order valence-electron chi connectivity index (χ4n) is 2.27. The van der Waals surface area contributed by atoms with Crippen molar-refractivity contribution < 1.29 is 24.1 Å². The summed E-state index contributed by atoms with van der Waals surface area (Å²) in [5.74, 6) is 1.01. The predicted molar refractivity (Wildman–Crippen MR) is 99.6 cm³/mol. The number of fused-ring (bicyclic) bond motifs is 1. The molecule has 0 atom stereocenters. The summed E-state index contributed by atoms with van der Waals surface area (Å²) in [7, 11) is 0. The molecular formula is C19H22O5S. The van der Waals surface area contributed by atoms with E-state index in [9.17, 15) is 4.79 Å². The number of rotatable bonds is 9. The predicted octanol–water partition coefficient (Wildman–Crippen LogP) is 3.43. The molecule has 2 aromatic carbocycles. The molecule has 0 amide bonds. The lowest BCUT2D eigenvalue weighted by atomic mass is 10.1. The second-order valence-electron chi connectivity index (χ2n) is 5.29. The number of carbonyl (C=O) groups is 1. The van der Waals surface area contributed by atoms with Crippen LogP contribution < -0.4 is 9.47 Å². The van der Waals surface area contributed by atoms with Crippen LogP contribution >= 0.6 is 11.8 Å². The van der Waals surface area contributed by atoms with Crippen molar-refractivity contribution in [1.82, 2.24) is 0 Å². The number of esters is 1. The van der Waals surface area contributed by atoms with Crippen LogP contribution in [0.3, 0.4) is 0 Å². The van der Waals surface area contributed by atoms with E-state index in [0.29, 0.717) is 11.3 Å². The number of aliphatic hydroxyl groups excluding tert-OH is 1. The highest BCUT2D eigenvalue weighted by atomic mass is 32.2. The Bertz CT molecular complexity index is 757. The largest absolute Gasteiger partial charge is 0.491 e. The summed E-state index contributed by atoms with van der Waals surface area (Å²) in [6.07, 6.45) is 1.95. The highest BCUT2D eigenvalue weighted by Gasteiger charge is 2.14. The van der Waals surface area contributed by atoms with Crippen LogP contribution in [0.4, 0.5) is 0 Å². The standard InChI is InChI=1S/C19H22O5S/c1-13(2)19(21)24-11-10-23-18-15-7-5-4-6-14(15)16(22-9-8-20)12-17(18)25-3/h4-7,12,20H,1,8-11H2,2-3H3. The van der Waals surface area contributed by atoms with Gasteiger partial charge in [0.1, 0.15) is 31.3 Å². The Balaban J connectivity index is 2.23. The van der Waals surface area contributed by atoms with Crippen molar-refractivity contribution in [3.8, 4) is 11.5 Å². The molecule has 2 rings (SSSR count). The highest BCUT2D eigenvalue weighted by Crippen LogP contribution is 2.41. The van der Waals surface area contributed by atoms with E-state index in [1.165, 1.54) is 11.8 Å². The van der Waals surface area contributed by atoms with Gasteiger partial charge in [-0.15, -0.1) is 11.8 Å². The maximum absolute atomic E-state index is 11.4. The van der Waals surface area contributed by atoms with Crippen molar-refractivity contribution in [2.75, 3.05) is 32.7 Å². The van der Waals surface area contributed by atoms with Crippen molar-refractivity contribution in [2.45, 2.75) is 11.8 Å². The van der Waals surface area contributed by atoms with Crippen LogP contribution in [0.5, 0.6) is 11.5 Å². The van der Waals surface area contributed by atoms with E-state index >= 15 is 0 Å². The minimum atomic E-state index is -0.425. The van der Waals surface area contributed by atoms with Crippen molar-refractivity contribution in [2.24, 2.45) is 0 Å². The Morgan fingerprint density at radius 2 is 1.88 bits per heavy atom. The summed E-state index contributed by atoms with van der Waals surface area (Å²) >= 11 is 1.54. The Morgan fingerprint density at radius 1 is 1.16 bits per heavy atom. The zero-order valence-electron chi connectivity index (χ0n) is 14.4. The van der Waals surface area contributed by atoms with Gasteiger partial charge in [-0.1, -0.05) is 30.8 Å². The molecule has 25 heavy (non-hydrogen) atoms. The molecule has 0 aliphatic heterocycles. The lowest BCUT2D eigenvalue weighted by Gasteiger charge is -2.16. The van der Waals surface area contributed by atoms with Crippen molar-refractivity contribution in [3.05, 3.63) is 42.5 Å². The van der Waals surface area contributed by atoms with Gasteiger partial charge in [0.15, 0.2) is 0 Å². The molecule has 6 heteroatoms. The summed E-state index contributed by atoms with van der Waals surface area (Å²) in [5.41, 5.74) is 0.362. The molecule has 2 aromatic rings. The maximum atomic E-state index is 11.4. The third kappa shape index (κ3) is 4.90. The van der Waals surface area contributed by atoms with E-state index in [1.54, 1.807) is 6.92 Å². The molecule has 0 fully saturated rings. The van der Waals surface area contributed by atoms with Gasteiger partial charge in [0.25, 0.3) is 0 Å². The van der Waals surface area contributed by atoms with E-state index in [2.05, 4.69) is 6.58 Å². The van der Waals surface area contributed by atoms with Crippen LogP contribution in [0.15, 0.2) is 47.4 Å². The molecule has 0 aromatic heterocycles. The molecule has 0 saturated carbocycles. The van der Waals surface area contributed by atoms with E-state index in [0.717, 1.165) is 21.4 Å². The first kappa shape index (κ1) is 19.1. The Labute approximate surface area is 151 Å². The van der Waals surface area contributed by atoms with Gasteiger partial charge < -0.3 is 19.3 Å². The third-order valence-corrected chi connectivity index (χ3v) is 4.15. The van der Waals surface area contributed by atoms with E-state index in [-0.39, 0.29) is 26.4 Å². The molecule has 0 saturated heterocycles. The van der Waals surface area contributed by atoms with Crippen molar-refractivity contribution in [3.63, 3.8) is 0 Å². The number of hydrogen-bond donors (Lipinski definition) is 1. The minimum absolute atomic E-state index is 0.0464. The van der Waals surface area contributed by atoms with Gasteiger partial charge >= 0.3 is 5.97 Å². The quantitative estimate of drug-likeness (QED) is 0.319. The smallest absolute Gasteiger partial charge is 0.333 e. The third-order valence-electron chi connectivity index (χ3n) is 3.40. The number of hydrogen-bond acceptors (Lipinski definition) is 6. The van der Waals surface area contributed by atoms with Gasteiger partial charge in [-0.25, -0.2) is 4.79 Å². The highest BCUT2D eigenvalue weighted by molar-refractivity contribution is 7.98. The lowest BCUT2D eigenvalue weighted by Crippen LogP contribution is -2.13. The number of benzene rings is 2. The Hall–Kier alpha value is -2.18. The monoisotopic (exact) mass is 362 g/mol. The summed E-state index contributed by atoms with van der Waals surface area (Å²) < 4.78 is 16.6. The number of aliphatic hydroxyl groups is 1. The first-order chi connectivity index (χ1) is 12.1. The van der Waals surface area contributed by atoms with Crippen LogP contribution in [0, 0.1) is 0 Å². The van der Waals surface area contributed by atoms with Gasteiger partial charge in [0, 0.05) is 16.3 Å². The number of carbonyl (C=O) groups excluding carboxylic acids is 1. The molecule has 0 heterocycles. The lowest BCUT2D eigenvalue weighted by molar-refractivity contribution is -0.139. The van der Waals surface area contributed by atoms with Gasteiger partial charge in [-0.05, 0) is 19.2 Å². The second kappa shape index (κ2) is 9.34. The van der Waals surface area contributed by atoms with E-state index in [4.69, 9.17) is 19.3 Å². The fraction of sp³-hybridized carbons (Fsp3) is 0.316. The first-order valence-electron chi connectivity index (χ1n) is 7.87. The van der Waals surface area contributed by atoms with Crippen molar-refractivity contribution in [1.29, 1.82) is 0 Å². The van der Waals surface area contributed by atoms with E-state index in [1.807, 2.05) is 36.6 Å². The van der Waals surface area contributed by atoms with Crippen molar-refractivity contribution >= 4 is 28.5 Å². The molecule has 5 nitrogen and oxygen atoms in total. The van der Waals surface area contributed by atoms with Gasteiger partial charge in [0.05, 0.1) is 11.5 Å². The molecule has 0 aliphatic rings. The summed E-state index contributed by atoms with van der Waals surface area (Å²) in [5, 5.41) is 10.8. The van der Waals surface area contributed by atoms with E-state index < -0.39 is 5.97 Å². The van der Waals surface area contributed by atoms with Crippen LogP contribution in [0.2, 0.25) is 0 Å². The maximum Gasteiger partial charge on any atom is 0.333 e. The molecule has 0 radical (unpaired) electrons.